The Labute approximate surface area is 204 Å². The molecule has 4 rings (SSSR count). The summed E-state index contributed by atoms with van der Waals surface area (Å²) in [5, 5.41) is 13.1. The number of fused-ring (bicyclic) bond motifs is 2. The maximum absolute atomic E-state index is 13.3. The number of thiophene rings is 1. The van der Waals surface area contributed by atoms with Crippen molar-refractivity contribution < 1.29 is 24.2 Å². The molecule has 2 bridgehead atoms. The molecule has 2 fully saturated rings. The molecule has 0 radical (unpaired) electrons. The summed E-state index contributed by atoms with van der Waals surface area (Å²) in [6.45, 7) is 10.3. The average Bonchev–Trinajstić information content (AvgIpc) is 3.46. The van der Waals surface area contributed by atoms with E-state index in [4.69, 9.17) is 4.74 Å². The first kappa shape index (κ1) is 24.5. The Morgan fingerprint density at radius 3 is 2.26 bits per heavy atom. The molecule has 6 nitrogen and oxygen atoms in total. The predicted molar refractivity (Wildman–Crippen MR) is 133 cm³/mol. The zero-order valence-electron chi connectivity index (χ0n) is 20.4. The second-order valence-electron chi connectivity index (χ2n) is 10.5. The minimum absolute atomic E-state index is 0.00662. The number of carboxylic acid groups (broad SMARTS) is 1. The quantitative estimate of drug-likeness (QED) is 0.500. The van der Waals surface area contributed by atoms with Gasteiger partial charge >= 0.3 is 11.9 Å². The topological polar surface area (TPSA) is 92.7 Å². The van der Waals surface area contributed by atoms with Crippen LogP contribution in [0.3, 0.4) is 0 Å². The molecule has 2 aliphatic carbocycles. The van der Waals surface area contributed by atoms with E-state index in [-0.39, 0.29) is 29.8 Å². The summed E-state index contributed by atoms with van der Waals surface area (Å²) >= 11 is 1.34. The molecule has 1 amide bonds. The van der Waals surface area contributed by atoms with Crippen molar-refractivity contribution in [2.75, 3.05) is 11.9 Å². The summed E-state index contributed by atoms with van der Waals surface area (Å²) in [6.07, 6.45) is 2.53. The predicted octanol–water partition coefficient (Wildman–Crippen LogP) is 5.88. The molecule has 7 heteroatoms. The molecule has 34 heavy (non-hydrogen) atoms. The lowest BCUT2D eigenvalue weighted by Gasteiger charge is -2.27. The van der Waals surface area contributed by atoms with Crippen LogP contribution in [-0.4, -0.2) is 29.6 Å². The fourth-order valence-corrected chi connectivity index (χ4v) is 6.80. The van der Waals surface area contributed by atoms with E-state index < -0.39 is 23.8 Å². The number of hydrogen-bond donors (Lipinski definition) is 2. The number of esters is 1. The lowest BCUT2D eigenvalue weighted by Crippen LogP contribution is -2.37. The SMILES string of the molecule is CCOC(=O)c1c(NC(=O)[C@H]2[C@H]3CC[C@@H](C3)[C@H]2C(=O)O)sc(C)c1-c1ccc(C(C)(C)C)cc1. The zero-order chi connectivity index (χ0) is 24.8. The number of anilines is 1. The number of aryl methyl sites for hydroxylation is 1. The van der Waals surface area contributed by atoms with E-state index in [1.54, 1.807) is 6.92 Å². The molecule has 0 unspecified atom stereocenters. The Hall–Kier alpha value is -2.67. The Morgan fingerprint density at radius 2 is 1.71 bits per heavy atom. The van der Waals surface area contributed by atoms with Crippen molar-refractivity contribution in [1.29, 1.82) is 0 Å². The normalized spacial score (nSPS) is 23.7. The summed E-state index contributed by atoms with van der Waals surface area (Å²) in [4.78, 5) is 39.2. The largest absolute Gasteiger partial charge is 0.481 e. The molecular weight excluding hydrogens is 450 g/mol. The van der Waals surface area contributed by atoms with Crippen LogP contribution < -0.4 is 5.32 Å². The number of carboxylic acids is 1. The third-order valence-corrected chi connectivity index (χ3v) is 8.37. The number of carbonyl (C=O) groups is 3. The van der Waals surface area contributed by atoms with E-state index in [0.717, 1.165) is 35.3 Å². The summed E-state index contributed by atoms with van der Waals surface area (Å²) in [7, 11) is 0. The summed E-state index contributed by atoms with van der Waals surface area (Å²) in [5.41, 5.74) is 3.17. The monoisotopic (exact) mass is 483 g/mol. The molecule has 2 aromatic rings. The van der Waals surface area contributed by atoms with Crippen LogP contribution in [0.2, 0.25) is 0 Å². The van der Waals surface area contributed by atoms with Gasteiger partial charge in [-0.05, 0) is 61.5 Å². The molecular formula is C27H33NO5S. The van der Waals surface area contributed by atoms with E-state index in [1.165, 1.54) is 16.9 Å². The maximum atomic E-state index is 13.3. The highest BCUT2D eigenvalue weighted by Gasteiger charge is 2.54. The van der Waals surface area contributed by atoms with Crippen molar-refractivity contribution in [3.8, 4) is 11.1 Å². The summed E-state index contributed by atoms with van der Waals surface area (Å²) < 4.78 is 5.36. The Morgan fingerprint density at radius 1 is 1.09 bits per heavy atom. The first-order valence-electron chi connectivity index (χ1n) is 12.0. The van der Waals surface area contributed by atoms with Crippen LogP contribution in [0.15, 0.2) is 24.3 Å². The molecule has 0 saturated heterocycles. The van der Waals surface area contributed by atoms with Crippen molar-refractivity contribution >= 4 is 34.2 Å². The summed E-state index contributed by atoms with van der Waals surface area (Å²) in [6, 6.07) is 8.12. The van der Waals surface area contributed by atoms with Crippen LogP contribution in [-0.2, 0) is 19.7 Å². The van der Waals surface area contributed by atoms with Crippen LogP contribution in [0.4, 0.5) is 5.00 Å². The molecule has 2 N–H and O–H groups in total. The third-order valence-electron chi connectivity index (χ3n) is 7.34. The highest BCUT2D eigenvalue weighted by atomic mass is 32.1. The van der Waals surface area contributed by atoms with Crippen LogP contribution >= 0.6 is 11.3 Å². The second-order valence-corrected chi connectivity index (χ2v) is 11.7. The molecule has 1 heterocycles. The van der Waals surface area contributed by atoms with E-state index in [9.17, 15) is 19.5 Å². The Bertz CT molecular complexity index is 1110. The maximum Gasteiger partial charge on any atom is 0.341 e. The van der Waals surface area contributed by atoms with Crippen LogP contribution in [0.25, 0.3) is 11.1 Å². The molecule has 2 aliphatic rings. The van der Waals surface area contributed by atoms with Gasteiger partial charge in [-0.15, -0.1) is 11.3 Å². The van der Waals surface area contributed by atoms with Crippen LogP contribution in [0.5, 0.6) is 0 Å². The summed E-state index contributed by atoms with van der Waals surface area (Å²) in [5.74, 6) is -2.77. The smallest absolute Gasteiger partial charge is 0.341 e. The standard InChI is InChI=1S/C27H33NO5S/c1-6-33-26(32)22-19(15-9-11-18(12-10-15)27(3,4)5)14(2)34-24(22)28-23(29)20-16-7-8-17(13-16)21(20)25(30)31/h9-12,16-17,20-21H,6-8,13H2,1-5H3,(H,28,29)(H,30,31)/t16-,17-,20-,21+/m0/s1. The van der Waals surface area contributed by atoms with E-state index in [0.29, 0.717) is 10.6 Å². The van der Waals surface area contributed by atoms with Gasteiger partial charge in [-0.1, -0.05) is 45.0 Å². The Kier molecular flexibility index (Phi) is 6.60. The lowest BCUT2D eigenvalue weighted by molar-refractivity contribution is -0.148. The van der Waals surface area contributed by atoms with Crippen molar-refractivity contribution in [2.24, 2.45) is 23.7 Å². The number of aliphatic carboxylic acids is 1. The molecule has 2 saturated carbocycles. The van der Waals surface area contributed by atoms with Gasteiger partial charge in [0.25, 0.3) is 0 Å². The van der Waals surface area contributed by atoms with Crippen molar-refractivity contribution in [3.63, 3.8) is 0 Å². The first-order valence-corrected chi connectivity index (χ1v) is 12.8. The number of ether oxygens (including phenoxy) is 1. The Balaban J connectivity index is 1.70. The highest BCUT2D eigenvalue weighted by molar-refractivity contribution is 7.17. The van der Waals surface area contributed by atoms with E-state index in [2.05, 4.69) is 38.2 Å². The number of nitrogens with one attached hydrogen (secondary N) is 1. The van der Waals surface area contributed by atoms with Crippen LogP contribution in [0.1, 0.15) is 67.8 Å². The van der Waals surface area contributed by atoms with Gasteiger partial charge in [0, 0.05) is 10.4 Å². The van der Waals surface area contributed by atoms with Gasteiger partial charge in [-0.3, -0.25) is 9.59 Å². The number of rotatable bonds is 6. The van der Waals surface area contributed by atoms with Crippen molar-refractivity contribution in [2.45, 2.75) is 59.3 Å². The highest BCUT2D eigenvalue weighted by Crippen LogP contribution is 2.53. The van der Waals surface area contributed by atoms with Crippen molar-refractivity contribution in [3.05, 3.63) is 40.3 Å². The number of hydrogen-bond acceptors (Lipinski definition) is 5. The minimum atomic E-state index is -0.903. The van der Waals surface area contributed by atoms with Gasteiger partial charge in [0.2, 0.25) is 5.91 Å². The number of amides is 1. The first-order chi connectivity index (χ1) is 16.0. The molecule has 0 aliphatic heterocycles. The average molecular weight is 484 g/mol. The third kappa shape index (κ3) is 4.38. The molecule has 182 valence electrons. The van der Waals surface area contributed by atoms with Gasteiger partial charge in [0.1, 0.15) is 10.6 Å². The number of carbonyl (C=O) groups excluding carboxylic acids is 2. The lowest BCUT2D eigenvalue weighted by atomic mass is 9.78. The second kappa shape index (κ2) is 9.17. The van der Waals surface area contributed by atoms with Gasteiger partial charge in [0.05, 0.1) is 18.4 Å². The van der Waals surface area contributed by atoms with Crippen LogP contribution in [0, 0.1) is 30.6 Å². The van der Waals surface area contributed by atoms with E-state index in [1.807, 2.05) is 19.1 Å². The van der Waals surface area contributed by atoms with E-state index >= 15 is 0 Å². The molecule has 4 atom stereocenters. The van der Waals surface area contributed by atoms with Crippen molar-refractivity contribution in [1.82, 2.24) is 0 Å². The zero-order valence-corrected chi connectivity index (χ0v) is 21.3. The van der Waals surface area contributed by atoms with Gasteiger partial charge in [-0.25, -0.2) is 4.79 Å². The van der Waals surface area contributed by atoms with Gasteiger partial charge < -0.3 is 15.2 Å². The van der Waals surface area contributed by atoms with Gasteiger partial charge in [0.15, 0.2) is 0 Å². The molecule has 0 spiro atoms. The minimum Gasteiger partial charge on any atom is -0.481 e. The molecule has 1 aromatic carbocycles. The number of benzene rings is 1. The fraction of sp³-hybridized carbons (Fsp3) is 0.519. The molecule has 1 aromatic heterocycles. The fourth-order valence-electron chi connectivity index (χ4n) is 5.73. The van der Waals surface area contributed by atoms with Gasteiger partial charge in [-0.2, -0.15) is 0 Å².